The Labute approximate surface area is 125 Å². The van der Waals surface area contributed by atoms with Crippen molar-refractivity contribution in [2.45, 2.75) is 18.9 Å². The van der Waals surface area contributed by atoms with E-state index >= 15 is 0 Å². The van der Waals surface area contributed by atoms with Crippen LogP contribution in [0.15, 0.2) is 46.9 Å². The maximum atomic E-state index is 6.09. The summed E-state index contributed by atoms with van der Waals surface area (Å²) in [5, 5.41) is 0. The molecule has 1 aliphatic rings. The lowest BCUT2D eigenvalue weighted by Crippen LogP contribution is -2.22. The number of nitrogens with two attached hydrogens (primary N) is 1. The van der Waals surface area contributed by atoms with Crippen molar-refractivity contribution in [3.8, 4) is 0 Å². The van der Waals surface area contributed by atoms with Gasteiger partial charge in [0.15, 0.2) is 0 Å². The fraction of sp³-hybridized carbons (Fsp3) is 0.188. The first-order chi connectivity index (χ1) is 9.72. The maximum Gasteiger partial charge on any atom is 0.201 e. The van der Waals surface area contributed by atoms with Crippen molar-refractivity contribution in [2.24, 2.45) is 0 Å². The molecule has 2 N–H and O–H groups in total. The third-order valence-corrected chi connectivity index (χ3v) is 4.60. The molecular formula is C16H14BrN3. The van der Waals surface area contributed by atoms with Crippen LogP contribution in [0.5, 0.6) is 0 Å². The molecule has 0 aliphatic heterocycles. The third kappa shape index (κ3) is 1.75. The average Bonchev–Trinajstić information content (AvgIpc) is 2.72. The zero-order chi connectivity index (χ0) is 13.7. The van der Waals surface area contributed by atoms with Crippen molar-refractivity contribution < 1.29 is 0 Å². The molecule has 3 nitrogen and oxygen atoms in total. The molecular weight excluding hydrogens is 314 g/mol. The molecule has 0 bridgehead atoms. The van der Waals surface area contributed by atoms with E-state index in [2.05, 4.69) is 55.8 Å². The van der Waals surface area contributed by atoms with Gasteiger partial charge in [0, 0.05) is 16.9 Å². The van der Waals surface area contributed by atoms with E-state index in [0.29, 0.717) is 11.9 Å². The summed E-state index contributed by atoms with van der Waals surface area (Å²) in [4.78, 5) is 4.44. The summed E-state index contributed by atoms with van der Waals surface area (Å²) in [6.45, 7) is 0.899. The minimum atomic E-state index is 0.546. The van der Waals surface area contributed by atoms with Gasteiger partial charge in [0.05, 0.1) is 11.0 Å². The quantitative estimate of drug-likeness (QED) is 0.779. The van der Waals surface area contributed by atoms with E-state index in [0.717, 1.165) is 28.5 Å². The Balaban J connectivity index is 1.73. The minimum absolute atomic E-state index is 0.546. The van der Waals surface area contributed by atoms with Crippen LogP contribution in [0, 0.1) is 0 Å². The molecule has 1 atom stereocenters. The number of hydrogen-bond donors (Lipinski definition) is 1. The minimum Gasteiger partial charge on any atom is -0.369 e. The predicted molar refractivity (Wildman–Crippen MR) is 84.7 cm³/mol. The Morgan fingerprint density at radius 3 is 2.95 bits per heavy atom. The van der Waals surface area contributed by atoms with Crippen LogP contribution in [0.3, 0.4) is 0 Å². The lowest BCUT2D eigenvalue weighted by molar-refractivity contribution is 0.521. The van der Waals surface area contributed by atoms with Crippen LogP contribution in [-0.2, 0) is 13.0 Å². The average molecular weight is 328 g/mol. The molecule has 1 unspecified atom stereocenters. The summed E-state index contributed by atoms with van der Waals surface area (Å²) in [6, 6.07) is 14.7. The van der Waals surface area contributed by atoms with Crippen LogP contribution < -0.4 is 5.73 Å². The summed E-state index contributed by atoms with van der Waals surface area (Å²) in [5.74, 6) is 1.15. The molecule has 3 aromatic rings. The van der Waals surface area contributed by atoms with Crippen LogP contribution in [0.2, 0.25) is 0 Å². The summed E-state index contributed by atoms with van der Waals surface area (Å²) < 4.78 is 3.18. The van der Waals surface area contributed by atoms with Crippen molar-refractivity contribution in [1.29, 1.82) is 0 Å². The summed E-state index contributed by atoms with van der Waals surface area (Å²) in [5.41, 5.74) is 11.0. The van der Waals surface area contributed by atoms with Gasteiger partial charge in [-0.3, -0.25) is 0 Å². The van der Waals surface area contributed by atoms with Gasteiger partial charge in [-0.15, -0.1) is 0 Å². The topological polar surface area (TPSA) is 43.8 Å². The Bertz CT molecular complexity index is 807. The van der Waals surface area contributed by atoms with E-state index in [1.165, 1.54) is 11.1 Å². The molecule has 0 radical (unpaired) electrons. The molecule has 2 aromatic carbocycles. The third-order valence-electron chi connectivity index (χ3n) is 4.10. The first-order valence-electron chi connectivity index (χ1n) is 6.71. The van der Waals surface area contributed by atoms with E-state index in [1.807, 2.05) is 12.1 Å². The standard InChI is InChI=1S/C16H14BrN3/c17-12-5-6-14-15(8-12)20(16(18)19-14)9-11-7-10-3-1-2-4-13(10)11/h1-6,8,11H,7,9H2,(H2,18,19). The number of rotatable bonds is 2. The molecule has 1 aromatic heterocycles. The lowest BCUT2D eigenvalue weighted by atomic mass is 9.77. The monoisotopic (exact) mass is 327 g/mol. The predicted octanol–water partition coefficient (Wildman–Crippen LogP) is 3.72. The van der Waals surface area contributed by atoms with Gasteiger partial charge in [0.2, 0.25) is 5.95 Å². The molecule has 0 spiro atoms. The molecule has 1 aliphatic carbocycles. The highest BCUT2D eigenvalue weighted by Gasteiger charge is 2.26. The van der Waals surface area contributed by atoms with Gasteiger partial charge in [-0.25, -0.2) is 4.98 Å². The van der Waals surface area contributed by atoms with Crippen molar-refractivity contribution in [3.05, 3.63) is 58.1 Å². The van der Waals surface area contributed by atoms with Gasteiger partial charge in [-0.05, 0) is 35.7 Å². The van der Waals surface area contributed by atoms with Crippen molar-refractivity contribution >= 4 is 32.9 Å². The van der Waals surface area contributed by atoms with Gasteiger partial charge in [0.1, 0.15) is 0 Å². The summed E-state index contributed by atoms with van der Waals surface area (Å²) in [6.07, 6.45) is 1.13. The van der Waals surface area contributed by atoms with Crippen LogP contribution in [-0.4, -0.2) is 9.55 Å². The van der Waals surface area contributed by atoms with E-state index in [9.17, 15) is 0 Å². The molecule has 0 fully saturated rings. The molecule has 0 saturated heterocycles. The highest BCUT2D eigenvalue weighted by Crippen LogP contribution is 2.37. The largest absolute Gasteiger partial charge is 0.369 e. The van der Waals surface area contributed by atoms with Gasteiger partial charge in [0.25, 0.3) is 0 Å². The number of nitrogen functional groups attached to an aromatic ring is 1. The van der Waals surface area contributed by atoms with E-state index in [4.69, 9.17) is 5.73 Å². The zero-order valence-corrected chi connectivity index (χ0v) is 12.5. The lowest BCUT2D eigenvalue weighted by Gasteiger charge is -2.30. The SMILES string of the molecule is Nc1nc2ccc(Br)cc2n1CC1Cc2ccccc21. The van der Waals surface area contributed by atoms with Crippen molar-refractivity contribution in [1.82, 2.24) is 9.55 Å². The van der Waals surface area contributed by atoms with Gasteiger partial charge < -0.3 is 10.3 Å². The Kier molecular flexibility index (Phi) is 2.60. The second kappa shape index (κ2) is 4.35. The highest BCUT2D eigenvalue weighted by molar-refractivity contribution is 9.10. The molecule has 100 valence electrons. The Hall–Kier alpha value is -1.81. The molecule has 4 heteroatoms. The second-order valence-corrected chi connectivity index (χ2v) is 6.23. The Morgan fingerprint density at radius 1 is 1.25 bits per heavy atom. The van der Waals surface area contributed by atoms with Crippen molar-refractivity contribution in [2.75, 3.05) is 5.73 Å². The smallest absolute Gasteiger partial charge is 0.201 e. The fourth-order valence-corrected chi connectivity index (χ4v) is 3.40. The fourth-order valence-electron chi connectivity index (χ4n) is 3.05. The number of fused-ring (bicyclic) bond motifs is 2. The first kappa shape index (κ1) is 12.0. The normalized spacial score (nSPS) is 16.9. The molecule has 20 heavy (non-hydrogen) atoms. The van der Waals surface area contributed by atoms with E-state index in [1.54, 1.807) is 0 Å². The summed E-state index contributed by atoms with van der Waals surface area (Å²) in [7, 11) is 0. The number of benzene rings is 2. The Morgan fingerprint density at radius 2 is 2.10 bits per heavy atom. The van der Waals surface area contributed by atoms with Crippen LogP contribution in [0.4, 0.5) is 5.95 Å². The highest BCUT2D eigenvalue weighted by atomic mass is 79.9. The van der Waals surface area contributed by atoms with Crippen LogP contribution in [0.25, 0.3) is 11.0 Å². The van der Waals surface area contributed by atoms with Gasteiger partial charge in [-0.1, -0.05) is 40.2 Å². The number of hydrogen-bond acceptors (Lipinski definition) is 2. The number of aromatic nitrogens is 2. The molecule has 4 rings (SSSR count). The van der Waals surface area contributed by atoms with Gasteiger partial charge >= 0.3 is 0 Å². The first-order valence-corrected chi connectivity index (χ1v) is 7.51. The van der Waals surface area contributed by atoms with Crippen LogP contribution in [0.1, 0.15) is 17.0 Å². The van der Waals surface area contributed by atoms with Crippen molar-refractivity contribution in [3.63, 3.8) is 0 Å². The molecule has 0 saturated carbocycles. The summed E-state index contributed by atoms with van der Waals surface area (Å²) >= 11 is 3.52. The molecule has 0 amide bonds. The number of imidazole rings is 1. The van der Waals surface area contributed by atoms with E-state index in [-0.39, 0.29) is 0 Å². The zero-order valence-electron chi connectivity index (χ0n) is 10.9. The van der Waals surface area contributed by atoms with Gasteiger partial charge in [-0.2, -0.15) is 0 Å². The maximum absolute atomic E-state index is 6.09. The molecule has 1 heterocycles. The number of nitrogens with zero attached hydrogens (tertiary/aromatic N) is 2. The van der Waals surface area contributed by atoms with E-state index < -0.39 is 0 Å². The van der Waals surface area contributed by atoms with Crippen LogP contribution >= 0.6 is 15.9 Å². The number of anilines is 1. The second-order valence-electron chi connectivity index (χ2n) is 5.31. The number of halogens is 1.